The number of fused-ring (bicyclic) bond motifs is 3. The number of phenolic OH excluding ortho intramolecular Hbond substituents is 2. The molecular formula is C25H18N2O2. The predicted molar refractivity (Wildman–Crippen MR) is 116 cm³/mol. The van der Waals surface area contributed by atoms with Gasteiger partial charge in [0.2, 0.25) is 0 Å². The zero-order valence-corrected chi connectivity index (χ0v) is 15.5. The summed E-state index contributed by atoms with van der Waals surface area (Å²) < 4.78 is 0. The number of para-hydroxylation sites is 2. The largest absolute Gasteiger partial charge is 0.508 e. The van der Waals surface area contributed by atoms with E-state index in [1.807, 2.05) is 77.8 Å². The minimum Gasteiger partial charge on any atom is -0.508 e. The summed E-state index contributed by atoms with van der Waals surface area (Å²) in [6.45, 7) is 0. The summed E-state index contributed by atoms with van der Waals surface area (Å²) in [5, 5.41) is 27.1. The number of hydrogen-bond donors (Lipinski definition) is 2. The fourth-order valence-electron chi connectivity index (χ4n) is 3.68. The van der Waals surface area contributed by atoms with Crippen molar-refractivity contribution in [1.29, 1.82) is 0 Å². The van der Waals surface area contributed by atoms with E-state index in [9.17, 15) is 10.2 Å². The van der Waals surface area contributed by atoms with Crippen LogP contribution in [0.15, 0.2) is 102 Å². The van der Waals surface area contributed by atoms with Crippen molar-refractivity contribution in [2.45, 2.75) is 0 Å². The van der Waals surface area contributed by atoms with Gasteiger partial charge in [-0.05, 0) is 59.7 Å². The van der Waals surface area contributed by atoms with Gasteiger partial charge in [0.05, 0.1) is 17.1 Å². The molecule has 0 fully saturated rings. The first kappa shape index (κ1) is 17.1. The monoisotopic (exact) mass is 378 g/mol. The average molecular weight is 378 g/mol. The first-order valence-corrected chi connectivity index (χ1v) is 9.37. The maximum Gasteiger partial charge on any atom is 0.116 e. The summed E-state index contributed by atoms with van der Waals surface area (Å²) >= 11 is 0. The lowest BCUT2D eigenvalue weighted by atomic mass is 10.1. The van der Waals surface area contributed by atoms with E-state index < -0.39 is 0 Å². The summed E-state index contributed by atoms with van der Waals surface area (Å²) in [6.07, 6.45) is 0. The molecule has 0 heterocycles. The van der Waals surface area contributed by atoms with Crippen molar-refractivity contribution in [3.63, 3.8) is 0 Å². The predicted octanol–water partition coefficient (Wildman–Crippen LogP) is 5.67. The topological polar surface area (TPSA) is 56.1 Å². The summed E-state index contributed by atoms with van der Waals surface area (Å²) in [5.74, 6) is 0.360. The van der Waals surface area contributed by atoms with Gasteiger partial charge < -0.3 is 10.2 Å². The van der Waals surface area contributed by atoms with Gasteiger partial charge in [-0.3, -0.25) is 0 Å². The highest BCUT2D eigenvalue weighted by Crippen LogP contribution is 2.41. The maximum atomic E-state index is 10.1. The zero-order chi connectivity index (χ0) is 19.8. The second-order valence-electron chi connectivity index (χ2n) is 6.89. The van der Waals surface area contributed by atoms with E-state index in [0.29, 0.717) is 5.71 Å². The molecule has 4 aromatic carbocycles. The van der Waals surface area contributed by atoms with Crippen molar-refractivity contribution in [1.82, 2.24) is 0 Å². The lowest BCUT2D eigenvalue weighted by molar-refractivity contribution is 0.475. The SMILES string of the molecule is Oc1ccc2c(c1)C(=NN(c1ccccc1)c1ccccc1)c1cc(O)ccc1-2. The number of rotatable bonds is 3. The maximum absolute atomic E-state index is 10.1. The summed E-state index contributed by atoms with van der Waals surface area (Å²) in [5.41, 5.74) is 6.18. The molecule has 0 saturated carbocycles. The number of nitrogens with zero attached hydrogens (tertiary/aromatic N) is 2. The number of anilines is 2. The third-order valence-electron chi connectivity index (χ3n) is 5.01. The molecule has 0 amide bonds. The molecule has 0 spiro atoms. The Morgan fingerprint density at radius 2 is 0.966 bits per heavy atom. The molecule has 0 bridgehead atoms. The molecule has 0 unspecified atom stereocenters. The number of aromatic hydroxyl groups is 2. The fourth-order valence-corrected chi connectivity index (χ4v) is 3.68. The van der Waals surface area contributed by atoms with Gasteiger partial charge in [-0.1, -0.05) is 48.5 Å². The molecule has 5 rings (SSSR count). The molecule has 0 atom stereocenters. The third kappa shape index (κ3) is 3.01. The second kappa shape index (κ2) is 6.84. The molecule has 1 aliphatic carbocycles. The fraction of sp³-hybridized carbons (Fsp3) is 0. The van der Waals surface area contributed by atoms with E-state index in [4.69, 9.17) is 5.10 Å². The summed E-state index contributed by atoms with van der Waals surface area (Å²) in [4.78, 5) is 0. The Labute approximate surface area is 168 Å². The molecule has 29 heavy (non-hydrogen) atoms. The first-order valence-electron chi connectivity index (χ1n) is 9.37. The average Bonchev–Trinajstić information content (AvgIpc) is 3.05. The Kier molecular flexibility index (Phi) is 4.03. The van der Waals surface area contributed by atoms with Gasteiger partial charge >= 0.3 is 0 Å². The molecule has 0 aliphatic heterocycles. The number of phenols is 2. The van der Waals surface area contributed by atoms with Crippen LogP contribution >= 0.6 is 0 Å². The Morgan fingerprint density at radius 1 is 0.517 bits per heavy atom. The molecule has 4 heteroatoms. The second-order valence-corrected chi connectivity index (χ2v) is 6.89. The van der Waals surface area contributed by atoms with Crippen LogP contribution in [0.25, 0.3) is 11.1 Å². The first-order chi connectivity index (χ1) is 14.2. The van der Waals surface area contributed by atoms with Crippen molar-refractivity contribution >= 4 is 17.1 Å². The molecule has 0 saturated heterocycles. The van der Waals surface area contributed by atoms with Gasteiger partial charge in [-0.2, -0.15) is 5.10 Å². The Morgan fingerprint density at radius 3 is 1.41 bits per heavy atom. The van der Waals surface area contributed by atoms with Crippen LogP contribution in [0, 0.1) is 0 Å². The van der Waals surface area contributed by atoms with E-state index >= 15 is 0 Å². The molecule has 4 aromatic rings. The standard InChI is InChI=1S/C25H18N2O2/c28-19-11-13-21-22-14-12-20(29)16-24(22)25(23(21)15-19)26-27(17-7-3-1-4-8-17)18-9-5-2-6-10-18/h1-16,28-29H. The lowest BCUT2D eigenvalue weighted by Crippen LogP contribution is -2.13. The van der Waals surface area contributed by atoms with Crippen molar-refractivity contribution in [2.24, 2.45) is 5.10 Å². The molecule has 2 N–H and O–H groups in total. The highest BCUT2D eigenvalue weighted by Gasteiger charge is 2.27. The smallest absolute Gasteiger partial charge is 0.116 e. The van der Waals surface area contributed by atoms with Crippen LogP contribution in [0.5, 0.6) is 11.5 Å². The lowest BCUT2D eigenvalue weighted by Gasteiger charge is -2.21. The number of hydrazone groups is 1. The van der Waals surface area contributed by atoms with E-state index in [2.05, 4.69) is 0 Å². The van der Waals surface area contributed by atoms with Crippen LogP contribution in [-0.2, 0) is 0 Å². The van der Waals surface area contributed by atoms with E-state index in [0.717, 1.165) is 33.6 Å². The Balaban J connectivity index is 1.76. The van der Waals surface area contributed by atoms with Crippen molar-refractivity contribution < 1.29 is 10.2 Å². The van der Waals surface area contributed by atoms with Gasteiger partial charge in [-0.25, -0.2) is 5.01 Å². The quantitative estimate of drug-likeness (QED) is 0.398. The van der Waals surface area contributed by atoms with Crippen LogP contribution in [0.2, 0.25) is 0 Å². The van der Waals surface area contributed by atoms with Gasteiger partial charge in [-0.15, -0.1) is 0 Å². The van der Waals surface area contributed by atoms with Crippen LogP contribution in [-0.4, -0.2) is 15.9 Å². The van der Waals surface area contributed by atoms with Gasteiger partial charge in [0.25, 0.3) is 0 Å². The molecule has 4 nitrogen and oxygen atoms in total. The normalized spacial score (nSPS) is 11.7. The molecule has 140 valence electrons. The van der Waals surface area contributed by atoms with E-state index in [1.165, 1.54) is 0 Å². The van der Waals surface area contributed by atoms with Crippen LogP contribution in [0.1, 0.15) is 11.1 Å². The highest BCUT2D eigenvalue weighted by atomic mass is 16.3. The van der Waals surface area contributed by atoms with Crippen LogP contribution in [0.3, 0.4) is 0 Å². The highest BCUT2D eigenvalue weighted by molar-refractivity contribution is 6.25. The van der Waals surface area contributed by atoms with Gasteiger partial charge in [0, 0.05) is 11.1 Å². The molecule has 1 aliphatic rings. The third-order valence-corrected chi connectivity index (χ3v) is 5.01. The molecular weight excluding hydrogens is 360 g/mol. The van der Waals surface area contributed by atoms with Crippen LogP contribution < -0.4 is 5.01 Å². The minimum atomic E-state index is 0.180. The van der Waals surface area contributed by atoms with Crippen molar-refractivity contribution in [3.8, 4) is 22.6 Å². The molecule has 0 aromatic heterocycles. The zero-order valence-electron chi connectivity index (χ0n) is 15.5. The minimum absolute atomic E-state index is 0.180. The van der Waals surface area contributed by atoms with Crippen molar-refractivity contribution in [3.05, 3.63) is 108 Å². The molecule has 0 radical (unpaired) electrons. The van der Waals surface area contributed by atoms with Gasteiger partial charge in [0.1, 0.15) is 11.5 Å². The Hall–Kier alpha value is -4.05. The summed E-state index contributed by atoms with van der Waals surface area (Å²) in [6, 6.07) is 30.4. The number of benzene rings is 4. The van der Waals surface area contributed by atoms with Gasteiger partial charge in [0.15, 0.2) is 0 Å². The van der Waals surface area contributed by atoms with Crippen LogP contribution in [0.4, 0.5) is 11.4 Å². The van der Waals surface area contributed by atoms with E-state index in [1.54, 1.807) is 24.3 Å². The number of hydrogen-bond acceptors (Lipinski definition) is 4. The Bertz CT molecular complexity index is 1130. The van der Waals surface area contributed by atoms with Crippen molar-refractivity contribution in [2.75, 3.05) is 5.01 Å². The summed E-state index contributed by atoms with van der Waals surface area (Å²) in [7, 11) is 0. The van der Waals surface area contributed by atoms with E-state index in [-0.39, 0.29) is 11.5 Å².